The van der Waals surface area contributed by atoms with Crippen LogP contribution >= 0.6 is 11.6 Å². The van der Waals surface area contributed by atoms with Crippen molar-refractivity contribution >= 4 is 23.5 Å². The molecule has 0 heterocycles. The molecule has 0 aliphatic heterocycles. The van der Waals surface area contributed by atoms with Gasteiger partial charge in [0.15, 0.2) is 0 Å². The molecule has 1 amide bonds. The first-order valence-corrected chi connectivity index (χ1v) is 7.93. The maximum absolute atomic E-state index is 11.9. The topological polar surface area (TPSA) is 73.9 Å². The highest BCUT2D eigenvalue weighted by Gasteiger charge is 2.09. The third-order valence-corrected chi connectivity index (χ3v) is 3.50. The van der Waals surface area contributed by atoms with Crippen molar-refractivity contribution in [3.05, 3.63) is 59.1 Å². The van der Waals surface area contributed by atoms with E-state index in [1.165, 1.54) is 0 Å². The van der Waals surface area contributed by atoms with Gasteiger partial charge in [0, 0.05) is 5.56 Å². The standard InChI is InChI=1S/C18H18ClNO5/c1-23-14-8-6-13(7-9-14)18(22)20-12-17(21)25-11-10-24-16-5-3-2-4-15(16)19/h2-9H,10-12H2,1H3,(H,20,22). The Balaban J connectivity index is 1.66. The minimum atomic E-state index is -0.551. The van der Waals surface area contributed by atoms with Crippen molar-refractivity contribution in [3.63, 3.8) is 0 Å². The Hall–Kier alpha value is -2.73. The predicted molar refractivity (Wildman–Crippen MR) is 93.2 cm³/mol. The number of methoxy groups -OCH3 is 1. The van der Waals surface area contributed by atoms with Crippen LogP contribution in [0.3, 0.4) is 0 Å². The molecule has 0 aliphatic carbocycles. The van der Waals surface area contributed by atoms with E-state index in [0.29, 0.717) is 22.1 Å². The molecule has 0 fully saturated rings. The average Bonchev–Trinajstić information content (AvgIpc) is 2.64. The number of para-hydroxylation sites is 1. The maximum Gasteiger partial charge on any atom is 0.325 e. The second-order valence-electron chi connectivity index (χ2n) is 4.91. The van der Waals surface area contributed by atoms with E-state index in [1.807, 2.05) is 0 Å². The minimum Gasteiger partial charge on any atom is -0.497 e. The van der Waals surface area contributed by atoms with Gasteiger partial charge in [0.2, 0.25) is 0 Å². The SMILES string of the molecule is COc1ccc(C(=O)NCC(=O)OCCOc2ccccc2Cl)cc1. The van der Waals surface area contributed by atoms with Gasteiger partial charge in [-0.1, -0.05) is 23.7 Å². The third-order valence-electron chi connectivity index (χ3n) is 3.19. The Morgan fingerprint density at radius 2 is 1.76 bits per heavy atom. The van der Waals surface area contributed by atoms with Gasteiger partial charge in [0.1, 0.15) is 31.3 Å². The lowest BCUT2D eigenvalue weighted by molar-refractivity contribution is -0.143. The summed E-state index contributed by atoms with van der Waals surface area (Å²) in [6, 6.07) is 13.6. The molecule has 0 saturated carbocycles. The molecule has 0 aromatic heterocycles. The van der Waals surface area contributed by atoms with E-state index in [4.69, 9.17) is 25.8 Å². The molecule has 0 spiro atoms. The average molecular weight is 364 g/mol. The fourth-order valence-electron chi connectivity index (χ4n) is 1.92. The van der Waals surface area contributed by atoms with Crippen molar-refractivity contribution in [2.24, 2.45) is 0 Å². The van der Waals surface area contributed by atoms with E-state index in [1.54, 1.807) is 55.6 Å². The summed E-state index contributed by atoms with van der Waals surface area (Å²) in [5, 5.41) is 2.97. The van der Waals surface area contributed by atoms with Crippen molar-refractivity contribution in [2.75, 3.05) is 26.9 Å². The van der Waals surface area contributed by atoms with E-state index in [2.05, 4.69) is 5.32 Å². The van der Waals surface area contributed by atoms with Gasteiger partial charge in [-0.15, -0.1) is 0 Å². The van der Waals surface area contributed by atoms with E-state index in [-0.39, 0.29) is 25.7 Å². The molecule has 7 heteroatoms. The van der Waals surface area contributed by atoms with Crippen molar-refractivity contribution in [3.8, 4) is 11.5 Å². The van der Waals surface area contributed by atoms with E-state index < -0.39 is 5.97 Å². The van der Waals surface area contributed by atoms with Crippen LogP contribution in [0.4, 0.5) is 0 Å². The van der Waals surface area contributed by atoms with Crippen LogP contribution in [-0.4, -0.2) is 38.7 Å². The summed E-state index contributed by atoms with van der Waals surface area (Å²) in [6.07, 6.45) is 0. The molecule has 0 bridgehead atoms. The zero-order valence-corrected chi connectivity index (χ0v) is 14.4. The Bertz CT molecular complexity index is 718. The van der Waals surface area contributed by atoms with Crippen LogP contribution < -0.4 is 14.8 Å². The molecule has 2 aromatic rings. The van der Waals surface area contributed by atoms with Gasteiger partial charge >= 0.3 is 5.97 Å². The second kappa shape index (κ2) is 9.54. The molecule has 1 N–H and O–H groups in total. The zero-order valence-electron chi connectivity index (χ0n) is 13.7. The fourth-order valence-corrected chi connectivity index (χ4v) is 2.11. The van der Waals surface area contributed by atoms with E-state index in [0.717, 1.165) is 0 Å². The van der Waals surface area contributed by atoms with E-state index in [9.17, 15) is 9.59 Å². The summed E-state index contributed by atoms with van der Waals surface area (Å²) in [5.74, 6) is 0.249. The lowest BCUT2D eigenvalue weighted by Crippen LogP contribution is -2.31. The van der Waals surface area contributed by atoms with Crippen molar-refractivity contribution in [1.82, 2.24) is 5.32 Å². The number of carbonyl (C=O) groups excluding carboxylic acids is 2. The van der Waals surface area contributed by atoms with Gasteiger partial charge in [-0.05, 0) is 36.4 Å². The molecule has 0 radical (unpaired) electrons. The Labute approximate surface area is 150 Å². The second-order valence-corrected chi connectivity index (χ2v) is 5.32. The summed E-state index contributed by atoms with van der Waals surface area (Å²) < 4.78 is 15.4. The van der Waals surface area contributed by atoms with Crippen LogP contribution in [0.15, 0.2) is 48.5 Å². The van der Waals surface area contributed by atoms with Crippen molar-refractivity contribution < 1.29 is 23.8 Å². The Kier molecular flexibility index (Phi) is 7.10. The number of nitrogens with one attached hydrogen (secondary N) is 1. The van der Waals surface area contributed by atoms with Crippen LogP contribution in [0.5, 0.6) is 11.5 Å². The zero-order chi connectivity index (χ0) is 18.1. The van der Waals surface area contributed by atoms with Crippen molar-refractivity contribution in [2.45, 2.75) is 0 Å². The highest BCUT2D eigenvalue weighted by molar-refractivity contribution is 6.32. The number of halogens is 1. The number of amides is 1. The van der Waals surface area contributed by atoms with Gasteiger partial charge in [-0.2, -0.15) is 0 Å². The highest BCUT2D eigenvalue weighted by atomic mass is 35.5. The number of esters is 1. The van der Waals surface area contributed by atoms with Crippen LogP contribution in [0, 0.1) is 0 Å². The van der Waals surface area contributed by atoms with E-state index >= 15 is 0 Å². The van der Waals surface area contributed by atoms with Gasteiger partial charge in [-0.3, -0.25) is 9.59 Å². The molecule has 6 nitrogen and oxygen atoms in total. The lowest BCUT2D eigenvalue weighted by atomic mass is 10.2. The van der Waals surface area contributed by atoms with Gasteiger partial charge < -0.3 is 19.5 Å². The van der Waals surface area contributed by atoms with Crippen LogP contribution in [0.2, 0.25) is 5.02 Å². The molecule has 2 aromatic carbocycles. The Morgan fingerprint density at radius 3 is 2.44 bits per heavy atom. The third kappa shape index (κ3) is 6.00. The first kappa shape index (κ1) is 18.6. The molecule has 0 aliphatic rings. The summed E-state index contributed by atoms with van der Waals surface area (Å²) in [4.78, 5) is 23.5. The summed E-state index contributed by atoms with van der Waals surface area (Å²) >= 11 is 5.94. The van der Waals surface area contributed by atoms with Gasteiger partial charge in [-0.25, -0.2) is 0 Å². The van der Waals surface area contributed by atoms with Crippen LogP contribution in [-0.2, 0) is 9.53 Å². The number of ether oxygens (including phenoxy) is 3. The Morgan fingerprint density at radius 1 is 1.04 bits per heavy atom. The molecule has 2 rings (SSSR count). The smallest absolute Gasteiger partial charge is 0.325 e. The summed E-state index contributed by atoms with van der Waals surface area (Å²) in [5.41, 5.74) is 0.427. The molecular formula is C18H18ClNO5. The molecular weight excluding hydrogens is 346 g/mol. The molecule has 0 atom stereocenters. The van der Waals surface area contributed by atoms with Gasteiger partial charge in [0.25, 0.3) is 5.91 Å². The molecule has 25 heavy (non-hydrogen) atoms. The largest absolute Gasteiger partial charge is 0.497 e. The maximum atomic E-state index is 11.9. The molecule has 0 unspecified atom stereocenters. The first-order valence-electron chi connectivity index (χ1n) is 7.55. The van der Waals surface area contributed by atoms with Crippen LogP contribution in [0.1, 0.15) is 10.4 Å². The van der Waals surface area contributed by atoms with Crippen molar-refractivity contribution in [1.29, 1.82) is 0 Å². The number of hydrogen-bond acceptors (Lipinski definition) is 5. The lowest BCUT2D eigenvalue weighted by Gasteiger charge is -2.09. The highest BCUT2D eigenvalue weighted by Crippen LogP contribution is 2.22. The number of rotatable bonds is 8. The predicted octanol–water partition coefficient (Wildman–Crippen LogP) is 2.70. The quantitative estimate of drug-likeness (QED) is 0.576. The number of benzene rings is 2. The summed E-state index contributed by atoms with van der Waals surface area (Å²) in [6.45, 7) is 0.00131. The molecule has 132 valence electrons. The fraction of sp³-hybridized carbons (Fsp3) is 0.222. The minimum absolute atomic E-state index is 0.0580. The van der Waals surface area contributed by atoms with Gasteiger partial charge in [0.05, 0.1) is 12.1 Å². The normalized spacial score (nSPS) is 10.0. The summed E-state index contributed by atoms with van der Waals surface area (Å²) in [7, 11) is 1.54. The molecule has 0 saturated heterocycles. The number of carbonyl (C=O) groups is 2. The number of hydrogen-bond donors (Lipinski definition) is 1. The van der Waals surface area contributed by atoms with Crippen LogP contribution in [0.25, 0.3) is 0 Å². The monoisotopic (exact) mass is 363 g/mol. The first-order chi connectivity index (χ1) is 12.1.